The number of rotatable bonds is 7. The molecule has 6 N–H and O–H groups in total. The third-order valence-electron chi connectivity index (χ3n) is 6.61. The van der Waals surface area contributed by atoms with Gasteiger partial charge in [-0.05, 0) is 6.42 Å². The number of thiol groups is 1. The Labute approximate surface area is 225 Å². The largest absolute Gasteiger partial charge is 0.394 e. The van der Waals surface area contributed by atoms with Crippen molar-refractivity contribution in [1.29, 1.82) is 0 Å². The van der Waals surface area contributed by atoms with Gasteiger partial charge in [-0.1, -0.05) is 22.7 Å². The summed E-state index contributed by atoms with van der Waals surface area (Å²) in [5.74, 6) is -0.220. The van der Waals surface area contributed by atoms with Crippen molar-refractivity contribution < 1.29 is 33.2 Å². The van der Waals surface area contributed by atoms with Crippen LogP contribution in [0.4, 0.5) is 10.3 Å². The van der Waals surface area contributed by atoms with Crippen LogP contribution in [-0.4, -0.2) is 103 Å². The first-order chi connectivity index (χ1) is 19.1. The summed E-state index contributed by atoms with van der Waals surface area (Å²) in [5.41, 5.74) is 2.89. The van der Waals surface area contributed by atoms with Gasteiger partial charge in [0.2, 0.25) is 5.95 Å². The third kappa shape index (κ3) is 4.39. The SMILES string of the molecule is Nc1nc2c(nnn2[C@@H]2O[C@H](CO)C[C@H]2P(=O)(S)OC[C@H]2O[C@@H](n3nnc4c(=O)[nH]cnc43)[C@@H](F)[C@@H]2O)c(=O)[nH]1. The topological polar surface area (TPSA) is 264 Å². The van der Waals surface area contributed by atoms with E-state index < -0.39 is 73.5 Å². The minimum Gasteiger partial charge on any atom is -0.394 e. The average Bonchev–Trinajstić information content (AvgIpc) is 3.69. The Balaban J connectivity index is 1.23. The predicted molar refractivity (Wildman–Crippen MR) is 133 cm³/mol. The lowest BCUT2D eigenvalue weighted by Crippen LogP contribution is -2.32. The Morgan fingerprint density at radius 1 is 1.18 bits per heavy atom. The minimum absolute atomic E-state index is 0.00439. The highest BCUT2D eigenvalue weighted by Gasteiger charge is 2.51. The number of nitrogens with zero attached hydrogens (tertiary/aromatic N) is 8. The van der Waals surface area contributed by atoms with E-state index >= 15 is 4.39 Å². The number of alkyl halides is 1. The molecule has 19 nitrogen and oxygen atoms in total. The summed E-state index contributed by atoms with van der Waals surface area (Å²) in [6.45, 7) is -5.01. The van der Waals surface area contributed by atoms with E-state index in [1.54, 1.807) is 0 Å². The van der Waals surface area contributed by atoms with Gasteiger partial charge in [0.1, 0.15) is 12.2 Å². The molecule has 0 bridgehead atoms. The Kier molecular flexibility index (Phi) is 6.68. The van der Waals surface area contributed by atoms with Crippen molar-refractivity contribution in [2.45, 2.75) is 49.0 Å². The van der Waals surface area contributed by atoms with Gasteiger partial charge in [0.05, 0.1) is 31.3 Å². The lowest BCUT2D eigenvalue weighted by molar-refractivity contribution is -0.0470. The molecule has 0 saturated carbocycles. The van der Waals surface area contributed by atoms with Crippen LogP contribution in [0.15, 0.2) is 15.9 Å². The van der Waals surface area contributed by atoms with Crippen molar-refractivity contribution in [3.8, 4) is 0 Å². The van der Waals surface area contributed by atoms with E-state index in [-0.39, 0.29) is 34.7 Å². The first kappa shape index (κ1) is 26.9. The number of aromatic amines is 2. The number of fused-ring (bicyclic) bond motifs is 2. The van der Waals surface area contributed by atoms with Crippen molar-refractivity contribution in [1.82, 2.24) is 49.9 Å². The van der Waals surface area contributed by atoms with Gasteiger partial charge in [0, 0.05) is 0 Å². The quantitative estimate of drug-likeness (QED) is 0.0989. The Hall–Kier alpha value is -3.33. The van der Waals surface area contributed by atoms with Crippen molar-refractivity contribution in [3.63, 3.8) is 0 Å². The van der Waals surface area contributed by atoms with Gasteiger partial charge < -0.3 is 34.9 Å². The molecule has 6 rings (SSSR count). The van der Waals surface area contributed by atoms with Crippen molar-refractivity contribution >= 4 is 47.1 Å². The fourth-order valence-corrected chi connectivity index (χ4v) is 7.05. The lowest BCUT2D eigenvalue weighted by atomic mass is 10.1. The fourth-order valence-electron chi connectivity index (χ4n) is 4.65. The number of aliphatic hydroxyl groups is 2. The molecule has 0 radical (unpaired) electrons. The number of aliphatic hydroxyl groups excluding tert-OH is 2. The van der Waals surface area contributed by atoms with Crippen LogP contribution in [-0.2, 0) is 18.6 Å². The normalized spacial score (nSPS) is 30.4. The summed E-state index contributed by atoms with van der Waals surface area (Å²) >= 11 is 4.24. The standard InChI is InChI=1S/C18H21FN11O8PS/c19-8-11(32)6(38-17(8)29-12-9(25-27-29)14(33)22-4-21-12)3-36-39(35,40)7-1-5(2-31)37-16(7)30-13-10(26-28-30)15(34)24-18(20)23-13/h4-8,11,16-17,31-32H,1-3H2,(H,35,40)(H,21,22,33)(H3,20,23,24,34)/t5-,6+,7+,8-,11+,16+,17+,39?/m0/s1. The molecule has 214 valence electrons. The Morgan fingerprint density at radius 2 is 1.88 bits per heavy atom. The number of anilines is 1. The number of hydrogen-bond acceptors (Lipinski definition) is 15. The van der Waals surface area contributed by atoms with Crippen LogP contribution in [0.3, 0.4) is 0 Å². The van der Waals surface area contributed by atoms with E-state index in [0.717, 1.165) is 15.7 Å². The van der Waals surface area contributed by atoms with Gasteiger partial charge in [-0.3, -0.25) is 19.1 Å². The number of H-pyrrole nitrogens is 2. The molecule has 0 amide bonds. The average molecular weight is 601 g/mol. The van der Waals surface area contributed by atoms with Crippen LogP contribution < -0.4 is 16.9 Å². The van der Waals surface area contributed by atoms with Gasteiger partial charge in [-0.2, -0.15) is 14.3 Å². The number of halogens is 1. The van der Waals surface area contributed by atoms with E-state index in [0.29, 0.717) is 0 Å². The molecular formula is C18H21FN11O8PS. The second-order valence-electron chi connectivity index (χ2n) is 9.09. The van der Waals surface area contributed by atoms with E-state index in [1.807, 2.05) is 0 Å². The molecular weight excluding hydrogens is 580 g/mol. The number of nitrogens with one attached hydrogen (secondary N) is 2. The van der Waals surface area contributed by atoms with Crippen LogP contribution >= 0.6 is 18.8 Å². The molecule has 22 heteroatoms. The lowest BCUT2D eigenvalue weighted by Gasteiger charge is -2.25. The van der Waals surface area contributed by atoms with E-state index in [1.165, 1.54) is 0 Å². The molecule has 40 heavy (non-hydrogen) atoms. The second kappa shape index (κ2) is 9.94. The summed E-state index contributed by atoms with van der Waals surface area (Å²) in [4.78, 5) is 36.6. The molecule has 8 atom stereocenters. The number of aromatic nitrogens is 10. The number of nitrogens with two attached hydrogens (primary N) is 1. The first-order valence-corrected chi connectivity index (χ1v) is 14.5. The minimum atomic E-state index is -4.00. The number of hydrogen-bond donors (Lipinski definition) is 6. The van der Waals surface area contributed by atoms with Gasteiger partial charge >= 0.3 is 0 Å². The smallest absolute Gasteiger partial charge is 0.282 e. The molecule has 0 spiro atoms. The van der Waals surface area contributed by atoms with Gasteiger partial charge in [-0.15, -0.1) is 10.2 Å². The van der Waals surface area contributed by atoms with Crippen LogP contribution in [0, 0.1) is 0 Å². The summed E-state index contributed by atoms with van der Waals surface area (Å²) in [7, 11) is 0. The highest BCUT2D eigenvalue weighted by Crippen LogP contribution is 2.63. The van der Waals surface area contributed by atoms with Crippen LogP contribution in [0.2, 0.25) is 0 Å². The number of nitrogen functional groups attached to an aromatic ring is 1. The summed E-state index contributed by atoms with van der Waals surface area (Å²) in [6, 6.07) is 0. The van der Waals surface area contributed by atoms with Crippen LogP contribution in [0.25, 0.3) is 22.3 Å². The zero-order chi connectivity index (χ0) is 28.3. The monoisotopic (exact) mass is 601 g/mol. The zero-order valence-corrected chi connectivity index (χ0v) is 21.8. The highest BCUT2D eigenvalue weighted by atomic mass is 32.7. The summed E-state index contributed by atoms with van der Waals surface area (Å²) in [5, 5.41) is 35.3. The number of ether oxygens (including phenoxy) is 2. The molecule has 4 aromatic rings. The first-order valence-electron chi connectivity index (χ1n) is 11.7. The molecule has 1 unspecified atom stereocenters. The second-order valence-corrected chi connectivity index (χ2v) is 12.8. The van der Waals surface area contributed by atoms with E-state index in [9.17, 15) is 24.4 Å². The van der Waals surface area contributed by atoms with Crippen molar-refractivity contribution in [2.24, 2.45) is 0 Å². The summed E-state index contributed by atoms with van der Waals surface area (Å²) < 4.78 is 47.8. The molecule has 2 fully saturated rings. The predicted octanol–water partition coefficient (Wildman–Crippen LogP) is -1.99. The van der Waals surface area contributed by atoms with Gasteiger partial charge in [-0.25, -0.2) is 9.37 Å². The maximum absolute atomic E-state index is 15.1. The van der Waals surface area contributed by atoms with E-state index in [2.05, 4.69) is 52.8 Å². The van der Waals surface area contributed by atoms with Crippen LogP contribution in [0.1, 0.15) is 18.9 Å². The molecule has 0 aromatic carbocycles. The van der Waals surface area contributed by atoms with Crippen molar-refractivity contribution in [2.75, 3.05) is 18.9 Å². The van der Waals surface area contributed by atoms with Crippen LogP contribution in [0.5, 0.6) is 0 Å². The van der Waals surface area contributed by atoms with Gasteiger partial charge in [0.25, 0.3) is 17.7 Å². The van der Waals surface area contributed by atoms with E-state index in [4.69, 9.17) is 19.7 Å². The molecule has 4 aromatic heterocycles. The third-order valence-corrected chi connectivity index (χ3v) is 9.67. The fraction of sp³-hybridized carbons (Fsp3) is 0.556. The molecule has 0 aliphatic carbocycles. The molecule has 6 heterocycles. The maximum atomic E-state index is 15.1. The zero-order valence-electron chi connectivity index (χ0n) is 20.0. The molecule has 2 aliphatic heterocycles. The Bertz CT molecular complexity index is 1750. The molecule has 2 aliphatic rings. The van der Waals surface area contributed by atoms with Crippen molar-refractivity contribution in [3.05, 3.63) is 27.0 Å². The summed E-state index contributed by atoms with van der Waals surface area (Å²) in [6.07, 6.45) is -7.53. The Morgan fingerprint density at radius 3 is 2.60 bits per heavy atom. The highest BCUT2D eigenvalue weighted by molar-refractivity contribution is 8.46. The van der Waals surface area contributed by atoms with Gasteiger partial charge in [0.15, 0.2) is 41.0 Å². The molecule has 2 saturated heterocycles. The maximum Gasteiger partial charge on any atom is 0.282 e.